The minimum absolute atomic E-state index is 0.304. The summed E-state index contributed by atoms with van der Waals surface area (Å²) >= 11 is 11.2. The molecule has 1 aromatic heterocycles. The predicted molar refractivity (Wildman–Crippen MR) is 68.9 cm³/mol. The fourth-order valence-electron chi connectivity index (χ4n) is 1.58. The van der Waals surface area contributed by atoms with Crippen molar-refractivity contribution in [2.24, 2.45) is 0 Å². The molecule has 0 saturated carbocycles. The number of thioether (sulfide) groups is 1. The molecule has 3 nitrogen and oxygen atoms in total. The van der Waals surface area contributed by atoms with Gasteiger partial charge in [0.25, 0.3) is 0 Å². The number of nitrogens with zero attached hydrogens (tertiary/aromatic N) is 3. The fraction of sp³-hybridized carbons (Fsp3) is 0.556. The second-order valence-corrected chi connectivity index (χ2v) is 5.77. The molecule has 0 spiro atoms. The van der Waals surface area contributed by atoms with Gasteiger partial charge in [0.2, 0.25) is 5.28 Å². The molecule has 1 unspecified atom stereocenters. The third-order valence-corrected chi connectivity index (χ3v) is 4.27. The van der Waals surface area contributed by atoms with E-state index in [-0.39, 0.29) is 0 Å². The van der Waals surface area contributed by atoms with Gasteiger partial charge in [0.05, 0.1) is 4.47 Å². The Morgan fingerprint density at radius 3 is 3.20 bits per heavy atom. The second-order valence-electron chi connectivity index (χ2n) is 3.43. The summed E-state index contributed by atoms with van der Waals surface area (Å²) in [6.45, 7) is 3.21. The summed E-state index contributed by atoms with van der Waals surface area (Å²) < 4.78 is 0.908. The van der Waals surface area contributed by atoms with Gasteiger partial charge < -0.3 is 4.90 Å². The Balaban J connectivity index is 2.30. The Morgan fingerprint density at radius 1 is 1.67 bits per heavy atom. The van der Waals surface area contributed by atoms with Gasteiger partial charge in [-0.15, -0.1) is 0 Å². The van der Waals surface area contributed by atoms with E-state index in [9.17, 15) is 0 Å². The number of rotatable bonds is 1. The summed E-state index contributed by atoms with van der Waals surface area (Å²) in [6.07, 6.45) is 1.71. The molecule has 1 fully saturated rings. The van der Waals surface area contributed by atoms with Gasteiger partial charge in [-0.3, -0.25) is 0 Å². The molecule has 0 radical (unpaired) electrons. The zero-order valence-corrected chi connectivity index (χ0v) is 11.4. The fourth-order valence-corrected chi connectivity index (χ4v) is 3.14. The maximum absolute atomic E-state index is 5.81. The monoisotopic (exact) mass is 307 g/mol. The van der Waals surface area contributed by atoms with Crippen molar-refractivity contribution in [3.05, 3.63) is 16.0 Å². The lowest BCUT2D eigenvalue weighted by molar-refractivity contribution is 0.686. The van der Waals surface area contributed by atoms with E-state index in [0.717, 1.165) is 28.3 Å². The lowest BCUT2D eigenvalue weighted by Crippen LogP contribution is -2.41. The Morgan fingerprint density at radius 2 is 2.47 bits per heavy atom. The number of halogens is 2. The van der Waals surface area contributed by atoms with Crippen molar-refractivity contribution in [1.29, 1.82) is 0 Å². The summed E-state index contributed by atoms with van der Waals surface area (Å²) in [5.74, 6) is 3.18. The van der Waals surface area contributed by atoms with Crippen LogP contribution in [0.3, 0.4) is 0 Å². The van der Waals surface area contributed by atoms with Gasteiger partial charge in [-0.2, -0.15) is 16.7 Å². The van der Waals surface area contributed by atoms with Crippen LogP contribution < -0.4 is 4.90 Å². The molecule has 15 heavy (non-hydrogen) atoms. The number of anilines is 1. The van der Waals surface area contributed by atoms with Crippen LogP contribution in [0.5, 0.6) is 0 Å². The highest BCUT2D eigenvalue weighted by atomic mass is 79.9. The van der Waals surface area contributed by atoms with Gasteiger partial charge in [0, 0.05) is 30.3 Å². The van der Waals surface area contributed by atoms with Gasteiger partial charge in [-0.25, -0.2) is 4.98 Å². The normalized spacial score (nSPS) is 21.8. The molecule has 1 aliphatic heterocycles. The third kappa shape index (κ3) is 2.57. The Bertz CT molecular complexity index is 363. The molecule has 0 N–H and O–H groups in total. The molecule has 2 heterocycles. The van der Waals surface area contributed by atoms with E-state index in [1.165, 1.54) is 0 Å². The predicted octanol–water partition coefficient (Wildman–Crippen LogP) is 2.83. The molecule has 0 aliphatic carbocycles. The molecule has 82 valence electrons. The van der Waals surface area contributed by atoms with Crippen molar-refractivity contribution in [3.63, 3.8) is 0 Å². The Hall–Kier alpha value is -0.000000000000000111. The Labute approximate surface area is 107 Å². The topological polar surface area (TPSA) is 29.0 Å². The van der Waals surface area contributed by atoms with Crippen LogP contribution in [0.4, 0.5) is 5.82 Å². The summed E-state index contributed by atoms with van der Waals surface area (Å²) in [6, 6.07) is 0.492. The van der Waals surface area contributed by atoms with Gasteiger partial charge in [-0.05, 0) is 34.5 Å². The lowest BCUT2D eigenvalue weighted by atomic mass is 10.3. The first-order chi connectivity index (χ1) is 7.18. The maximum atomic E-state index is 5.81. The number of hydrogen-bond donors (Lipinski definition) is 0. The molecule has 0 amide bonds. The van der Waals surface area contributed by atoms with Crippen molar-refractivity contribution < 1.29 is 0 Å². The second kappa shape index (κ2) is 4.89. The van der Waals surface area contributed by atoms with E-state index in [0.29, 0.717) is 11.3 Å². The van der Waals surface area contributed by atoms with E-state index < -0.39 is 0 Å². The van der Waals surface area contributed by atoms with Crippen molar-refractivity contribution in [1.82, 2.24) is 9.97 Å². The van der Waals surface area contributed by atoms with Crippen LogP contribution >= 0.6 is 39.3 Å². The standard InChI is InChI=1S/C9H11BrClN3S/c1-6-5-15-3-2-14(6)8-7(10)4-12-9(11)13-8/h4,6H,2-3,5H2,1H3. The van der Waals surface area contributed by atoms with E-state index in [2.05, 4.69) is 37.7 Å². The number of hydrogen-bond acceptors (Lipinski definition) is 4. The van der Waals surface area contributed by atoms with E-state index in [1.807, 2.05) is 11.8 Å². The minimum atomic E-state index is 0.304. The smallest absolute Gasteiger partial charge is 0.224 e. The summed E-state index contributed by atoms with van der Waals surface area (Å²) in [4.78, 5) is 10.5. The lowest BCUT2D eigenvalue weighted by Gasteiger charge is -2.34. The molecule has 1 saturated heterocycles. The SMILES string of the molecule is CC1CSCCN1c1nc(Cl)ncc1Br. The first-order valence-corrected chi connectivity index (χ1v) is 7.03. The van der Waals surface area contributed by atoms with Crippen molar-refractivity contribution in [3.8, 4) is 0 Å². The molecule has 1 aromatic rings. The first-order valence-electron chi connectivity index (χ1n) is 4.71. The van der Waals surface area contributed by atoms with Crippen LogP contribution in [0, 0.1) is 0 Å². The summed E-state index contributed by atoms with van der Waals surface area (Å²) in [5, 5.41) is 0.304. The van der Waals surface area contributed by atoms with Gasteiger partial charge in [0.15, 0.2) is 0 Å². The zero-order chi connectivity index (χ0) is 10.8. The molecule has 2 rings (SSSR count). The van der Waals surface area contributed by atoms with Gasteiger partial charge in [-0.1, -0.05) is 0 Å². The zero-order valence-electron chi connectivity index (χ0n) is 8.28. The van der Waals surface area contributed by atoms with Crippen molar-refractivity contribution in [2.75, 3.05) is 23.0 Å². The molecule has 0 aromatic carbocycles. The van der Waals surface area contributed by atoms with Crippen LogP contribution in [-0.2, 0) is 0 Å². The van der Waals surface area contributed by atoms with Crippen LogP contribution in [0.25, 0.3) is 0 Å². The minimum Gasteiger partial charge on any atom is -0.351 e. The molecule has 1 aliphatic rings. The average Bonchev–Trinajstić information content (AvgIpc) is 2.23. The average molecular weight is 309 g/mol. The summed E-state index contributed by atoms with van der Waals surface area (Å²) in [5.41, 5.74) is 0. The quantitative estimate of drug-likeness (QED) is 0.746. The van der Waals surface area contributed by atoms with E-state index >= 15 is 0 Å². The highest BCUT2D eigenvalue weighted by Gasteiger charge is 2.22. The number of aromatic nitrogens is 2. The molecular weight excluding hydrogens is 298 g/mol. The van der Waals surface area contributed by atoms with Crippen LogP contribution in [0.1, 0.15) is 6.92 Å². The molecule has 6 heteroatoms. The molecule has 0 bridgehead atoms. The summed E-state index contributed by atoms with van der Waals surface area (Å²) in [7, 11) is 0. The van der Waals surface area contributed by atoms with Crippen LogP contribution in [0.15, 0.2) is 10.7 Å². The van der Waals surface area contributed by atoms with Gasteiger partial charge >= 0.3 is 0 Å². The van der Waals surface area contributed by atoms with Gasteiger partial charge in [0.1, 0.15) is 5.82 Å². The largest absolute Gasteiger partial charge is 0.351 e. The van der Waals surface area contributed by atoms with E-state index in [4.69, 9.17) is 11.6 Å². The third-order valence-electron chi connectivity index (χ3n) is 2.34. The maximum Gasteiger partial charge on any atom is 0.224 e. The molecular formula is C9H11BrClN3S. The first kappa shape index (κ1) is 11.5. The van der Waals surface area contributed by atoms with Crippen molar-refractivity contribution in [2.45, 2.75) is 13.0 Å². The molecule has 1 atom stereocenters. The Kier molecular flexibility index (Phi) is 3.74. The highest BCUT2D eigenvalue weighted by Crippen LogP contribution is 2.29. The highest BCUT2D eigenvalue weighted by molar-refractivity contribution is 9.10. The van der Waals surface area contributed by atoms with Crippen molar-refractivity contribution >= 4 is 45.1 Å². The van der Waals surface area contributed by atoms with Crippen LogP contribution in [-0.4, -0.2) is 34.1 Å². The van der Waals surface area contributed by atoms with Crippen LogP contribution in [0.2, 0.25) is 5.28 Å². The van der Waals surface area contributed by atoms with E-state index in [1.54, 1.807) is 6.20 Å².